The number of furan rings is 1. The normalized spacial score (nSPS) is 20.4. The summed E-state index contributed by atoms with van der Waals surface area (Å²) in [5.41, 5.74) is 0.933. The SMILES string of the molecule is COCc1ccc(C(=O)N2C[C@H](O)C[C@H]2c2cccc(OC)c2)o1. The molecule has 2 heterocycles. The van der Waals surface area contributed by atoms with Crippen molar-refractivity contribution in [3.63, 3.8) is 0 Å². The fourth-order valence-electron chi connectivity index (χ4n) is 3.06. The molecule has 1 aliphatic heterocycles. The molecule has 0 unspecified atom stereocenters. The number of benzene rings is 1. The van der Waals surface area contributed by atoms with Gasteiger partial charge in [-0.05, 0) is 36.2 Å². The van der Waals surface area contributed by atoms with Gasteiger partial charge < -0.3 is 23.9 Å². The Morgan fingerprint density at radius 3 is 2.92 bits per heavy atom. The van der Waals surface area contributed by atoms with Crippen LogP contribution in [0.4, 0.5) is 0 Å². The van der Waals surface area contributed by atoms with Crippen molar-refractivity contribution in [2.24, 2.45) is 0 Å². The van der Waals surface area contributed by atoms with Gasteiger partial charge in [0.15, 0.2) is 5.76 Å². The van der Waals surface area contributed by atoms with E-state index in [1.165, 1.54) is 0 Å². The van der Waals surface area contributed by atoms with Crippen molar-refractivity contribution in [2.45, 2.75) is 25.2 Å². The molecule has 3 rings (SSSR count). The summed E-state index contributed by atoms with van der Waals surface area (Å²) in [4.78, 5) is 14.4. The van der Waals surface area contributed by atoms with Crippen molar-refractivity contribution in [1.82, 2.24) is 4.90 Å². The maximum absolute atomic E-state index is 12.8. The van der Waals surface area contributed by atoms with E-state index in [0.717, 1.165) is 11.3 Å². The van der Waals surface area contributed by atoms with Crippen LogP contribution >= 0.6 is 0 Å². The van der Waals surface area contributed by atoms with Gasteiger partial charge in [-0.1, -0.05) is 12.1 Å². The molecule has 0 saturated carbocycles. The maximum atomic E-state index is 12.8. The van der Waals surface area contributed by atoms with E-state index < -0.39 is 6.10 Å². The number of carbonyl (C=O) groups is 1. The molecule has 0 bridgehead atoms. The maximum Gasteiger partial charge on any atom is 0.290 e. The van der Waals surface area contributed by atoms with E-state index in [-0.39, 0.29) is 24.3 Å². The monoisotopic (exact) mass is 331 g/mol. The first kappa shape index (κ1) is 16.5. The standard InChI is InChI=1S/C18H21NO5/c1-22-11-15-6-7-17(24-15)18(21)19-10-13(20)9-16(19)12-4-3-5-14(8-12)23-2/h3-8,13,16,20H,9-11H2,1-2H3/t13-,16+/m1/s1. The highest BCUT2D eigenvalue weighted by atomic mass is 16.5. The molecular formula is C18H21NO5. The fourth-order valence-corrected chi connectivity index (χ4v) is 3.06. The Morgan fingerprint density at radius 1 is 1.33 bits per heavy atom. The first-order valence-electron chi connectivity index (χ1n) is 7.83. The van der Waals surface area contributed by atoms with Crippen molar-refractivity contribution < 1.29 is 23.8 Å². The lowest BCUT2D eigenvalue weighted by molar-refractivity contribution is 0.0676. The van der Waals surface area contributed by atoms with E-state index in [2.05, 4.69) is 0 Å². The van der Waals surface area contributed by atoms with Gasteiger partial charge in [-0.25, -0.2) is 0 Å². The van der Waals surface area contributed by atoms with Crippen LogP contribution in [-0.4, -0.2) is 42.8 Å². The molecule has 2 atom stereocenters. The largest absolute Gasteiger partial charge is 0.497 e. The predicted octanol–water partition coefficient (Wildman–Crippen LogP) is 2.38. The molecule has 2 aromatic rings. The third-order valence-corrected chi connectivity index (χ3v) is 4.18. The fraction of sp³-hybridized carbons (Fsp3) is 0.389. The van der Waals surface area contributed by atoms with Crippen molar-refractivity contribution in [3.05, 3.63) is 53.5 Å². The average molecular weight is 331 g/mol. The van der Waals surface area contributed by atoms with Crippen LogP contribution in [0.15, 0.2) is 40.8 Å². The second kappa shape index (κ2) is 7.07. The summed E-state index contributed by atoms with van der Waals surface area (Å²) in [5, 5.41) is 10.1. The molecule has 6 nitrogen and oxygen atoms in total. The molecule has 128 valence electrons. The molecular weight excluding hydrogens is 310 g/mol. The zero-order valence-electron chi connectivity index (χ0n) is 13.8. The first-order valence-corrected chi connectivity index (χ1v) is 7.83. The summed E-state index contributed by atoms with van der Waals surface area (Å²) >= 11 is 0. The van der Waals surface area contributed by atoms with Crippen molar-refractivity contribution in [3.8, 4) is 5.75 Å². The third kappa shape index (κ3) is 3.29. The molecule has 1 aromatic carbocycles. The first-order chi connectivity index (χ1) is 11.6. The van der Waals surface area contributed by atoms with E-state index in [4.69, 9.17) is 13.9 Å². The number of hydrogen-bond acceptors (Lipinski definition) is 5. The topological polar surface area (TPSA) is 72.1 Å². The molecule has 1 amide bonds. The number of ether oxygens (including phenoxy) is 2. The molecule has 0 aliphatic carbocycles. The van der Waals surface area contributed by atoms with E-state index in [0.29, 0.717) is 18.8 Å². The lowest BCUT2D eigenvalue weighted by atomic mass is 10.0. The second-order valence-corrected chi connectivity index (χ2v) is 5.84. The number of amides is 1. The van der Waals surface area contributed by atoms with Crippen molar-refractivity contribution in [2.75, 3.05) is 20.8 Å². The Balaban J connectivity index is 1.85. The Labute approximate surface area is 140 Å². The summed E-state index contributed by atoms with van der Waals surface area (Å²) in [5.74, 6) is 1.34. The van der Waals surface area contributed by atoms with E-state index in [9.17, 15) is 9.90 Å². The van der Waals surface area contributed by atoms with Crippen LogP contribution in [0.1, 0.15) is 34.3 Å². The number of hydrogen-bond donors (Lipinski definition) is 1. The molecule has 1 fully saturated rings. The van der Waals surface area contributed by atoms with E-state index >= 15 is 0 Å². The Morgan fingerprint density at radius 2 is 2.17 bits per heavy atom. The zero-order valence-corrected chi connectivity index (χ0v) is 13.8. The summed E-state index contributed by atoms with van der Waals surface area (Å²) in [6.07, 6.45) is -0.0663. The van der Waals surface area contributed by atoms with Crippen LogP contribution in [0.2, 0.25) is 0 Å². The van der Waals surface area contributed by atoms with Gasteiger partial charge in [0, 0.05) is 13.7 Å². The highest BCUT2D eigenvalue weighted by Crippen LogP contribution is 2.35. The van der Waals surface area contributed by atoms with Crippen LogP contribution in [-0.2, 0) is 11.3 Å². The number of rotatable bonds is 5. The van der Waals surface area contributed by atoms with E-state index in [1.807, 2.05) is 24.3 Å². The van der Waals surface area contributed by atoms with Gasteiger partial charge in [-0.15, -0.1) is 0 Å². The highest BCUT2D eigenvalue weighted by Gasteiger charge is 2.37. The third-order valence-electron chi connectivity index (χ3n) is 4.18. The smallest absolute Gasteiger partial charge is 0.290 e. The number of β-amino-alcohol motifs (C(OH)–C–C–N with tert-alkyl or cyclic N) is 1. The van der Waals surface area contributed by atoms with Crippen molar-refractivity contribution in [1.29, 1.82) is 0 Å². The quantitative estimate of drug-likeness (QED) is 0.911. The van der Waals surface area contributed by atoms with Crippen LogP contribution in [0, 0.1) is 0 Å². The van der Waals surface area contributed by atoms with Gasteiger partial charge >= 0.3 is 0 Å². The predicted molar refractivity (Wildman–Crippen MR) is 86.8 cm³/mol. The van der Waals surface area contributed by atoms with Crippen LogP contribution in [0.3, 0.4) is 0 Å². The minimum atomic E-state index is -0.557. The van der Waals surface area contributed by atoms with Crippen LogP contribution in [0.25, 0.3) is 0 Å². The Bertz CT molecular complexity index is 711. The second-order valence-electron chi connectivity index (χ2n) is 5.84. The van der Waals surface area contributed by atoms with Crippen molar-refractivity contribution >= 4 is 5.91 Å². The van der Waals surface area contributed by atoms with Gasteiger partial charge in [0.25, 0.3) is 5.91 Å². The molecule has 1 aromatic heterocycles. The molecule has 24 heavy (non-hydrogen) atoms. The van der Waals surface area contributed by atoms with Gasteiger partial charge in [0.2, 0.25) is 0 Å². The number of carbonyl (C=O) groups excluding carboxylic acids is 1. The summed E-state index contributed by atoms with van der Waals surface area (Å²) in [7, 11) is 3.17. The number of likely N-dealkylation sites (tertiary alicyclic amines) is 1. The Kier molecular flexibility index (Phi) is 4.87. The molecule has 1 saturated heterocycles. The molecule has 1 aliphatic rings. The molecule has 6 heteroatoms. The summed E-state index contributed by atoms with van der Waals surface area (Å²) in [6, 6.07) is 10.7. The highest BCUT2D eigenvalue weighted by molar-refractivity contribution is 5.92. The van der Waals surface area contributed by atoms with Gasteiger partial charge in [0.05, 0.1) is 19.3 Å². The lowest BCUT2D eigenvalue weighted by Gasteiger charge is -2.24. The molecule has 0 radical (unpaired) electrons. The molecule has 0 spiro atoms. The summed E-state index contributed by atoms with van der Waals surface area (Å²) < 4.78 is 15.8. The van der Waals surface area contributed by atoms with E-state index in [1.54, 1.807) is 31.3 Å². The van der Waals surface area contributed by atoms with Gasteiger partial charge in [-0.3, -0.25) is 4.79 Å². The number of aliphatic hydroxyl groups excluding tert-OH is 1. The van der Waals surface area contributed by atoms with Gasteiger partial charge in [0.1, 0.15) is 18.1 Å². The van der Waals surface area contributed by atoms with Gasteiger partial charge in [-0.2, -0.15) is 0 Å². The van der Waals surface area contributed by atoms with Crippen LogP contribution in [0.5, 0.6) is 5.75 Å². The van der Waals surface area contributed by atoms with Crippen LogP contribution < -0.4 is 4.74 Å². The minimum absolute atomic E-state index is 0.210. The molecule has 1 N–H and O–H groups in total. The average Bonchev–Trinajstić information content (AvgIpc) is 3.21. The Hall–Kier alpha value is -2.31. The number of methoxy groups -OCH3 is 2. The zero-order chi connectivity index (χ0) is 17.1. The minimum Gasteiger partial charge on any atom is -0.497 e. The lowest BCUT2D eigenvalue weighted by Crippen LogP contribution is -2.31. The number of nitrogens with zero attached hydrogens (tertiary/aromatic N) is 1. The summed E-state index contributed by atoms with van der Waals surface area (Å²) in [6.45, 7) is 0.593. The number of aliphatic hydroxyl groups is 1.